The second-order valence-corrected chi connectivity index (χ2v) is 8.04. The molecule has 0 saturated carbocycles. The van der Waals surface area contributed by atoms with Gasteiger partial charge in [-0.25, -0.2) is 4.79 Å². The zero-order valence-electron chi connectivity index (χ0n) is 16.7. The second-order valence-electron chi connectivity index (χ2n) is 7.60. The lowest BCUT2D eigenvalue weighted by molar-refractivity contribution is -0.0198. The van der Waals surface area contributed by atoms with Crippen LogP contribution in [0.2, 0.25) is 5.02 Å². The van der Waals surface area contributed by atoms with Gasteiger partial charge in [-0.1, -0.05) is 17.7 Å². The molecule has 2 atom stereocenters. The van der Waals surface area contributed by atoms with Crippen LogP contribution in [-0.2, 0) is 0 Å². The van der Waals surface area contributed by atoms with Gasteiger partial charge < -0.3 is 20.1 Å². The minimum absolute atomic E-state index is 0.154. The molecule has 2 aliphatic heterocycles. The third-order valence-corrected chi connectivity index (χ3v) is 5.76. The molecule has 2 heterocycles. The van der Waals surface area contributed by atoms with E-state index >= 15 is 0 Å². The van der Waals surface area contributed by atoms with Crippen molar-refractivity contribution < 1.29 is 19.4 Å². The van der Waals surface area contributed by atoms with E-state index in [0.29, 0.717) is 42.4 Å². The Bertz CT molecular complexity index is 950. The molecule has 0 radical (unpaired) electrons. The molecule has 2 aromatic carbocycles. The lowest BCUT2D eigenvalue weighted by Crippen LogP contribution is -2.51. The number of halogens is 1. The van der Waals surface area contributed by atoms with Crippen molar-refractivity contribution in [3.8, 4) is 5.75 Å². The SMILES string of the molecule is Cc1ccc(C(=O)N2CC[C@@H](Oc3ccc(Cl)cc3)[C@H](O)C2)cc1N1CCNC1=O. The fraction of sp³-hybridized carbons (Fsp3) is 0.364. The Balaban J connectivity index is 1.43. The molecule has 2 fully saturated rings. The van der Waals surface area contributed by atoms with Crippen molar-refractivity contribution in [3.05, 3.63) is 58.6 Å². The van der Waals surface area contributed by atoms with E-state index in [2.05, 4.69) is 5.32 Å². The summed E-state index contributed by atoms with van der Waals surface area (Å²) in [7, 11) is 0. The van der Waals surface area contributed by atoms with Crippen LogP contribution < -0.4 is 15.0 Å². The van der Waals surface area contributed by atoms with Crippen molar-refractivity contribution >= 4 is 29.2 Å². The van der Waals surface area contributed by atoms with Gasteiger partial charge in [-0.2, -0.15) is 0 Å². The lowest BCUT2D eigenvalue weighted by atomic mass is 10.0. The Labute approximate surface area is 180 Å². The molecule has 4 rings (SSSR count). The molecule has 2 saturated heterocycles. The monoisotopic (exact) mass is 429 g/mol. The van der Waals surface area contributed by atoms with E-state index in [1.165, 1.54) is 0 Å². The summed E-state index contributed by atoms with van der Waals surface area (Å²) in [5, 5.41) is 13.9. The largest absolute Gasteiger partial charge is 0.488 e. The lowest BCUT2D eigenvalue weighted by Gasteiger charge is -2.36. The molecule has 2 N–H and O–H groups in total. The minimum atomic E-state index is -0.798. The number of benzene rings is 2. The van der Waals surface area contributed by atoms with Gasteiger partial charge >= 0.3 is 6.03 Å². The van der Waals surface area contributed by atoms with E-state index in [-0.39, 0.29) is 18.5 Å². The van der Waals surface area contributed by atoms with Crippen LogP contribution in [0.25, 0.3) is 0 Å². The van der Waals surface area contributed by atoms with Crippen LogP contribution in [0.15, 0.2) is 42.5 Å². The number of hydrogen-bond acceptors (Lipinski definition) is 4. The third kappa shape index (κ3) is 4.22. The van der Waals surface area contributed by atoms with E-state index in [4.69, 9.17) is 16.3 Å². The predicted molar refractivity (Wildman–Crippen MR) is 114 cm³/mol. The Hall–Kier alpha value is -2.77. The highest BCUT2D eigenvalue weighted by molar-refractivity contribution is 6.30. The average molecular weight is 430 g/mol. The molecule has 7 nitrogen and oxygen atoms in total. The number of hydrogen-bond donors (Lipinski definition) is 2. The number of anilines is 1. The van der Waals surface area contributed by atoms with Gasteiger partial charge in [0.15, 0.2) is 0 Å². The van der Waals surface area contributed by atoms with Crippen molar-refractivity contribution in [3.63, 3.8) is 0 Å². The molecule has 0 spiro atoms. The molecule has 0 bridgehead atoms. The Morgan fingerprint density at radius 2 is 1.97 bits per heavy atom. The van der Waals surface area contributed by atoms with E-state index in [9.17, 15) is 14.7 Å². The average Bonchev–Trinajstić information content (AvgIpc) is 3.16. The standard InChI is InChI=1S/C22H24ClN3O4/c1-14-2-3-15(12-18(14)26-11-9-24-22(26)29)21(28)25-10-8-20(19(27)13-25)30-17-6-4-16(23)5-7-17/h2-7,12,19-20,27H,8-11,13H2,1H3,(H,24,29)/t19-,20-/m1/s1. The molecule has 0 unspecified atom stereocenters. The molecular weight excluding hydrogens is 406 g/mol. The predicted octanol–water partition coefficient (Wildman–Crippen LogP) is 2.83. The van der Waals surface area contributed by atoms with Gasteiger partial charge in [0, 0.05) is 42.3 Å². The maximum absolute atomic E-state index is 13.0. The maximum Gasteiger partial charge on any atom is 0.322 e. The fourth-order valence-corrected chi connectivity index (χ4v) is 3.96. The first-order chi connectivity index (χ1) is 14.4. The Kier molecular flexibility index (Phi) is 5.83. The summed E-state index contributed by atoms with van der Waals surface area (Å²) in [6.07, 6.45) is -0.673. The van der Waals surface area contributed by atoms with Gasteiger partial charge in [-0.3, -0.25) is 9.69 Å². The number of aliphatic hydroxyl groups is 1. The molecule has 3 amide bonds. The quantitative estimate of drug-likeness (QED) is 0.783. The topological polar surface area (TPSA) is 82.1 Å². The van der Waals surface area contributed by atoms with Crippen molar-refractivity contribution in [2.45, 2.75) is 25.6 Å². The van der Waals surface area contributed by atoms with Crippen molar-refractivity contribution in [1.82, 2.24) is 10.2 Å². The van der Waals surface area contributed by atoms with E-state index < -0.39 is 12.2 Å². The number of carbonyl (C=O) groups is 2. The second kappa shape index (κ2) is 8.53. The number of amides is 3. The number of piperidine rings is 1. The summed E-state index contributed by atoms with van der Waals surface area (Å²) in [5.74, 6) is 0.468. The molecule has 2 aliphatic rings. The highest BCUT2D eigenvalue weighted by Crippen LogP contribution is 2.26. The first-order valence-corrected chi connectivity index (χ1v) is 10.4. The van der Waals surface area contributed by atoms with Gasteiger partial charge in [0.2, 0.25) is 0 Å². The van der Waals surface area contributed by atoms with Crippen LogP contribution in [0.3, 0.4) is 0 Å². The highest BCUT2D eigenvalue weighted by Gasteiger charge is 2.32. The number of urea groups is 1. The summed E-state index contributed by atoms with van der Waals surface area (Å²) in [5.41, 5.74) is 2.16. The molecule has 158 valence electrons. The molecule has 0 aliphatic carbocycles. The van der Waals surface area contributed by atoms with E-state index in [1.807, 2.05) is 13.0 Å². The van der Waals surface area contributed by atoms with Gasteiger partial charge in [-0.15, -0.1) is 0 Å². The first kappa shape index (κ1) is 20.5. The molecule has 0 aromatic heterocycles. The van der Waals surface area contributed by atoms with Gasteiger partial charge in [0.1, 0.15) is 18.0 Å². The number of β-amino-alcohol motifs (C(OH)–C–C–N with tert-alkyl or cyclic N) is 1. The summed E-state index contributed by atoms with van der Waals surface area (Å²) in [6.45, 7) is 3.73. The Morgan fingerprint density at radius 1 is 1.20 bits per heavy atom. The van der Waals surface area contributed by atoms with E-state index in [0.717, 1.165) is 11.3 Å². The number of aliphatic hydroxyl groups excluding tert-OH is 1. The van der Waals surface area contributed by atoms with Crippen molar-refractivity contribution in [2.24, 2.45) is 0 Å². The molecule has 2 aromatic rings. The van der Waals surface area contributed by atoms with Crippen LogP contribution in [0.5, 0.6) is 5.75 Å². The number of rotatable bonds is 4. The summed E-state index contributed by atoms with van der Waals surface area (Å²) < 4.78 is 5.87. The van der Waals surface area contributed by atoms with Crippen molar-refractivity contribution in [1.29, 1.82) is 0 Å². The highest BCUT2D eigenvalue weighted by atomic mass is 35.5. The van der Waals surface area contributed by atoms with Gasteiger partial charge in [-0.05, 0) is 48.9 Å². The zero-order chi connectivity index (χ0) is 21.3. The number of likely N-dealkylation sites (tertiary alicyclic amines) is 1. The van der Waals surface area contributed by atoms with Crippen molar-refractivity contribution in [2.75, 3.05) is 31.1 Å². The number of ether oxygens (including phenoxy) is 1. The first-order valence-electron chi connectivity index (χ1n) is 9.98. The maximum atomic E-state index is 13.0. The third-order valence-electron chi connectivity index (χ3n) is 5.51. The Morgan fingerprint density at radius 3 is 2.63 bits per heavy atom. The molecule has 30 heavy (non-hydrogen) atoms. The van der Waals surface area contributed by atoms with Crippen LogP contribution >= 0.6 is 11.6 Å². The number of carbonyl (C=O) groups excluding carboxylic acids is 2. The summed E-state index contributed by atoms with van der Waals surface area (Å²) in [4.78, 5) is 28.3. The van der Waals surface area contributed by atoms with E-state index in [1.54, 1.807) is 46.2 Å². The number of nitrogens with zero attached hydrogens (tertiary/aromatic N) is 2. The number of nitrogens with one attached hydrogen (secondary N) is 1. The van der Waals surface area contributed by atoms with Crippen LogP contribution in [-0.4, -0.2) is 60.3 Å². The zero-order valence-corrected chi connectivity index (χ0v) is 17.4. The van der Waals surface area contributed by atoms with Crippen LogP contribution in [0, 0.1) is 6.92 Å². The van der Waals surface area contributed by atoms with Crippen LogP contribution in [0.4, 0.5) is 10.5 Å². The smallest absolute Gasteiger partial charge is 0.322 e. The fourth-order valence-electron chi connectivity index (χ4n) is 3.84. The number of aryl methyl sites for hydroxylation is 1. The molecular formula is C22H24ClN3O4. The summed E-state index contributed by atoms with van der Waals surface area (Å²) in [6, 6.07) is 12.2. The van der Waals surface area contributed by atoms with Crippen LogP contribution in [0.1, 0.15) is 22.3 Å². The summed E-state index contributed by atoms with van der Waals surface area (Å²) >= 11 is 5.89. The normalized spacial score (nSPS) is 21.5. The van der Waals surface area contributed by atoms with Gasteiger partial charge in [0.05, 0.1) is 6.54 Å². The minimum Gasteiger partial charge on any atom is -0.488 e. The van der Waals surface area contributed by atoms with Gasteiger partial charge in [0.25, 0.3) is 5.91 Å². The molecule has 8 heteroatoms.